The Morgan fingerprint density at radius 3 is 2.76 bits per heavy atom. The lowest BCUT2D eigenvalue weighted by Gasteiger charge is -2.24. The number of nitrogens with one attached hydrogen (secondary N) is 1. The molecule has 1 amide bonds. The highest BCUT2D eigenvalue weighted by atomic mass is 16.5. The molecule has 5 nitrogen and oxygen atoms in total. The van der Waals surface area contributed by atoms with Gasteiger partial charge in [-0.2, -0.15) is 5.26 Å². The third-order valence-electron chi connectivity index (χ3n) is 2.49. The molecule has 1 N–H and O–H groups in total. The molecule has 0 aromatic heterocycles. The number of hydrogen-bond donors (Lipinski definition) is 1. The number of hydrogen-bond acceptors (Lipinski definition) is 4. The van der Waals surface area contributed by atoms with Gasteiger partial charge in [0.05, 0.1) is 19.1 Å². The topological polar surface area (TPSA) is 65.4 Å². The van der Waals surface area contributed by atoms with E-state index in [0.29, 0.717) is 32.7 Å². The van der Waals surface area contributed by atoms with E-state index in [9.17, 15) is 4.79 Å². The van der Waals surface area contributed by atoms with Crippen molar-refractivity contribution in [3.63, 3.8) is 0 Å². The van der Waals surface area contributed by atoms with Gasteiger partial charge in [0.15, 0.2) is 0 Å². The molecule has 0 fully saturated rings. The van der Waals surface area contributed by atoms with Crippen LogP contribution in [0.4, 0.5) is 0 Å². The quantitative estimate of drug-likeness (QED) is 0.642. The Morgan fingerprint density at radius 1 is 1.53 bits per heavy atom. The van der Waals surface area contributed by atoms with Crippen LogP contribution in [-0.4, -0.2) is 50.7 Å². The fourth-order valence-electron chi connectivity index (χ4n) is 1.48. The van der Waals surface area contributed by atoms with Gasteiger partial charge in [0.2, 0.25) is 5.91 Å². The second kappa shape index (κ2) is 10.1. The molecular weight excluding hydrogens is 218 g/mol. The molecule has 0 aliphatic carbocycles. The van der Waals surface area contributed by atoms with Crippen LogP contribution in [0.2, 0.25) is 0 Å². The maximum Gasteiger partial charge on any atom is 0.226 e. The zero-order valence-corrected chi connectivity index (χ0v) is 11.0. The van der Waals surface area contributed by atoms with Gasteiger partial charge >= 0.3 is 0 Å². The van der Waals surface area contributed by atoms with Crippen molar-refractivity contribution in [3.05, 3.63) is 0 Å². The van der Waals surface area contributed by atoms with Gasteiger partial charge in [-0.05, 0) is 6.54 Å². The third kappa shape index (κ3) is 6.93. The fourth-order valence-corrected chi connectivity index (χ4v) is 1.48. The summed E-state index contributed by atoms with van der Waals surface area (Å²) in [6.45, 7) is 6.97. The first-order valence-electron chi connectivity index (χ1n) is 6.02. The van der Waals surface area contributed by atoms with E-state index in [1.54, 1.807) is 12.0 Å². The van der Waals surface area contributed by atoms with Gasteiger partial charge in [0.1, 0.15) is 0 Å². The van der Waals surface area contributed by atoms with Crippen molar-refractivity contribution in [2.45, 2.75) is 20.3 Å². The molecule has 0 spiro atoms. The van der Waals surface area contributed by atoms with Crippen LogP contribution in [0.15, 0.2) is 0 Å². The summed E-state index contributed by atoms with van der Waals surface area (Å²) < 4.78 is 4.97. The van der Waals surface area contributed by atoms with Crippen molar-refractivity contribution >= 4 is 5.91 Å². The highest BCUT2D eigenvalue weighted by Gasteiger charge is 2.19. The summed E-state index contributed by atoms with van der Waals surface area (Å²) in [5.74, 6) is 0.0174. The van der Waals surface area contributed by atoms with E-state index in [1.165, 1.54) is 0 Å². The molecule has 0 rings (SSSR count). The van der Waals surface area contributed by atoms with Crippen molar-refractivity contribution in [2.24, 2.45) is 5.92 Å². The van der Waals surface area contributed by atoms with Crippen molar-refractivity contribution in [1.82, 2.24) is 10.2 Å². The number of amides is 1. The number of nitriles is 1. The van der Waals surface area contributed by atoms with Gasteiger partial charge in [-0.1, -0.05) is 13.8 Å². The third-order valence-corrected chi connectivity index (χ3v) is 2.49. The maximum absolute atomic E-state index is 12.1. The molecular formula is C12H23N3O2. The standard InChI is InChI=1S/C12H23N3O2/c1-4-14-10-11(2)12(16)15(7-5-6-13)8-9-17-3/h11,14H,4-5,7-10H2,1-3H3. The Bertz CT molecular complexity index is 251. The summed E-state index contributed by atoms with van der Waals surface area (Å²) in [4.78, 5) is 13.8. The van der Waals surface area contributed by atoms with Crippen LogP contribution in [0.1, 0.15) is 20.3 Å². The SMILES string of the molecule is CCNCC(C)C(=O)N(CCC#N)CCOC. The Morgan fingerprint density at radius 2 is 2.24 bits per heavy atom. The van der Waals surface area contributed by atoms with Crippen LogP contribution in [0.25, 0.3) is 0 Å². The molecule has 5 heteroatoms. The highest BCUT2D eigenvalue weighted by Crippen LogP contribution is 2.03. The second-order valence-corrected chi connectivity index (χ2v) is 3.93. The van der Waals surface area contributed by atoms with Crippen molar-refractivity contribution in [1.29, 1.82) is 5.26 Å². The number of nitrogens with zero attached hydrogens (tertiary/aromatic N) is 2. The molecule has 1 atom stereocenters. The fraction of sp³-hybridized carbons (Fsp3) is 0.833. The average Bonchev–Trinajstić information content (AvgIpc) is 2.35. The Balaban J connectivity index is 4.23. The van der Waals surface area contributed by atoms with Crippen molar-refractivity contribution < 1.29 is 9.53 Å². The summed E-state index contributed by atoms with van der Waals surface area (Å²) in [5, 5.41) is 11.7. The van der Waals surface area contributed by atoms with Gasteiger partial charge in [-0.15, -0.1) is 0 Å². The first kappa shape index (κ1) is 15.9. The molecule has 0 heterocycles. The van der Waals surface area contributed by atoms with Gasteiger partial charge in [-0.3, -0.25) is 4.79 Å². The normalized spacial score (nSPS) is 11.9. The van der Waals surface area contributed by atoms with Crippen molar-refractivity contribution in [3.8, 4) is 6.07 Å². The van der Waals surface area contributed by atoms with Crippen LogP contribution >= 0.6 is 0 Å². The maximum atomic E-state index is 12.1. The number of carbonyl (C=O) groups is 1. The predicted molar refractivity (Wildman–Crippen MR) is 66.4 cm³/mol. The Hall–Kier alpha value is -1.12. The minimum absolute atomic E-state index is 0.0644. The molecule has 0 aliphatic heterocycles. The summed E-state index contributed by atoms with van der Waals surface area (Å²) in [5.41, 5.74) is 0. The molecule has 17 heavy (non-hydrogen) atoms. The van der Waals surface area contributed by atoms with Crippen LogP contribution in [0, 0.1) is 17.2 Å². The van der Waals surface area contributed by atoms with E-state index >= 15 is 0 Å². The number of carbonyl (C=O) groups excluding carboxylic acids is 1. The second-order valence-electron chi connectivity index (χ2n) is 3.93. The van der Waals surface area contributed by atoms with Crippen LogP contribution in [-0.2, 0) is 9.53 Å². The van der Waals surface area contributed by atoms with E-state index in [4.69, 9.17) is 10.00 Å². The number of ether oxygens (including phenoxy) is 1. The molecule has 0 saturated heterocycles. The van der Waals surface area contributed by atoms with E-state index in [2.05, 4.69) is 11.4 Å². The van der Waals surface area contributed by atoms with Crippen molar-refractivity contribution in [2.75, 3.05) is 39.9 Å². The summed E-state index contributed by atoms with van der Waals surface area (Å²) >= 11 is 0. The molecule has 0 saturated carbocycles. The molecule has 0 aromatic rings. The lowest BCUT2D eigenvalue weighted by atomic mass is 10.1. The molecule has 0 aromatic carbocycles. The van der Waals surface area contributed by atoms with Gasteiger partial charge < -0.3 is 15.0 Å². The monoisotopic (exact) mass is 241 g/mol. The van der Waals surface area contributed by atoms with E-state index in [-0.39, 0.29) is 11.8 Å². The molecule has 1 unspecified atom stereocenters. The van der Waals surface area contributed by atoms with E-state index in [0.717, 1.165) is 6.54 Å². The summed E-state index contributed by atoms with van der Waals surface area (Å²) in [7, 11) is 1.61. The minimum atomic E-state index is -0.0644. The van der Waals surface area contributed by atoms with Crippen LogP contribution < -0.4 is 5.32 Å². The van der Waals surface area contributed by atoms with E-state index in [1.807, 2.05) is 13.8 Å². The minimum Gasteiger partial charge on any atom is -0.383 e. The first-order valence-corrected chi connectivity index (χ1v) is 6.02. The largest absolute Gasteiger partial charge is 0.383 e. The number of rotatable bonds is 9. The highest BCUT2D eigenvalue weighted by molar-refractivity contribution is 5.78. The lowest BCUT2D eigenvalue weighted by Crippen LogP contribution is -2.41. The molecule has 0 radical (unpaired) electrons. The molecule has 0 bridgehead atoms. The smallest absolute Gasteiger partial charge is 0.226 e. The molecule has 98 valence electrons. The predicted octanol–water partition coefficient (Wildman–Crippen LogP) is 0.621. The van der Waals surface area contributed by atoms with Gasteiger partial charge in [0, 0.05) is 32.7 Å². The van der Waals surface area contributed by atoms with E-state index < -0.39 is 0 Å². The summed E-state index contributed by atoms with van der Waals surface area (Å²) in [6, 6.07) is 2.06. The Kier molecular flexibility index (Phi) is 9.40. The van der Waals surface area contributed by atoms with Gasteiger partial charge in [0.25, 0.3) is 0 Å². The number of methoxy groups -OCH3 is 1. The lowest BCUT2D eigenvalue weighted by molar-refractivity contribution is -0.135. The molecule has 0 aliphatic rings. The van der Waals surface area contributed by atoms with Crippen LogP contribution in [0.5, 0.6) is 0 Å². The zero-order chi connectivity index (χ0) is 13.1. The zero-order valence-electron chi connectivity index (χ0n) is 11.0. The Labute approximate surface area is 104 Å². The van der Waals surface area contributed by atoms with Crippen LogP contribution in [0.3, 0.4) is 0 Å². The summed E-state index contributed by atoms with van der Waals surface area (Å²) in [6.07, 6.45) is 0.364. The first-order chi connectivity index (χ1) is 8.17. The van der Waals surface area contributed by atoms with Gasteiger partial charge in [-0.25, -0.2) is 0 Å². The average molecular weight is 241 g/mol.